The minimum absolute atomic E-state index is 0.253. The topological polar surface area (TPSA) is 58.0 Å². The van der Waals surface area contributed by atoms with Crippen LogP contribution in [0.4, 0.5) is 5.95 Å². The second-order valence-electron chi connectivity index (χ2n) is 8.58. The lowest BCUT2D eigenvalue weighted by Crippen LogP contribution is -2.36. The van der Waals surface area contributed by atoms with Crippen molar-refractivity contribution >= 4 is 5.95 Å². The summed E-state index contributed by atoms with van der Waals surface area (Å²) < 4.78 is 0. The van der Waals surface area contributed by atoms with Crippen LogP contribution in [-0.4, -0.2) is 58.6 Å². The molecule has 6 heteroatoms. The summed E-state index contributed by atoms with van der Waals surface area (Å²) >= 11 is 0. The lowest BCUT2D eigenvalue weighted by atomic mass is 9.89. The Balaban J connectivity index is 1.71. The monoisotopic (exact) mass is 388 g/mol. The molecule has 0 spiro atoms. The normalized spacial score (nSPS) is 19.4. The predicted octanol–water partition coefficient (Wildman–Crippen LogP) is 3.69. The average molecular weight is 389 g/mol. The molecule has 1 atom stereocenters. The van der Waals surface area contributed by atoms with Crippen LogP contribution in [0.5, 0.6) is 0 Å². The van der Waals surface area contributed by atoms with E-state index in [-0.39, 0.29) is 5.41 Å². The zero-order valence-corrected chi connectivity index (χ0v) is 17.6. The van der Waals surface area contributed by atoms with Crippen LogP contribution in [0.1, 0.15) is 18.9 Å². The first-order chi connectivity index (χ1) is 13.9. The van der Waals surface area contributed by atoms with Crippen molar-refractivity contribution in [2.45, 2.75) is 20.3 Å². The number of hydrogen-bond acceptors (Lipinski definition) is 6. The largest absolute Gasteiger partial charge is 0.343 e. The highest BCUT2D eigenvalue weighted by atomic mass is 15.2. The van der Waals surface area contributed by atoms with E-state index in [0.29, 0.717) is 0 Å². The van der Waals surface area contributed by atoms with E-state index in [2.05, 4.69) is 72.0 Å². The minimum Gasteiger partial charge on any atom is -0.343 e. The van der Waals surface area contributed by atoms with E-state index in [0.717, 1.165) is 48.0 Å². The minimum atomic E-state index is 0.253. The van der Waals surface area contributed by atoms with Gasteiger partial charge in [-0.1, -0.05) is 36.8 Å². The molecule has 1 aliphatic rings. The molecule has 0 unspecified atom stereocenters. The molecule has 0 bridgehead atoms. The fourth-order valence-corrected chi connectivity index (χ4v) is 4.18. The standard InChI is InChI=1S/C23H28N6/c1-17-5-7-18(8-6-17)21-20(19-11-24-16-25-12-19)13-26-22(27-21)29(4)15-23(2)9-10-28(3)14-23/h5-8,11-13,16H,9-10,14-15H2,1-4H3/t23-/m1/s1. The summed E-state index contributed by atoms with van der Waals surface area (Å²) in [6.07, 6.45) is 8.25. The average Bonchev–Trinajstić information content (AvgIpc) is 3.07. The summed E-state index contributed by atoms with van der Waals surface area (Å²) in [7, 11) is 4.27. The van der Waals surface area contributed by atoms with Crippen LogP contribution in [0, 0.1) is 12.3 Å². The summed E-state index contributed by atoms with van der Waals surface area (Å²) in [4.78, 5) is 22.6. The van der Waals surface area contributed by atoms with E-state index in [1.807, 2.05) is 18.6 Å². The van der Waals surface area contributed by atoms with Gasteiger partial charge in [-0.2, -0.15) is 0 Å². The molecule has 0 radical (unpaired) electrons. The molecule has 6 nitrogen and oxygen atoms in total. The van der Waals surface area contributed by atoms with Crippen LogP contribution < -0.4 is 4.90 Å². The van der Waals surface area contributed by atoms with Crippen molar-refractivity contribution < 1.29 is 0 Å². The highest BCUT2D eigenvalue weighted by Gasteiger charge is 2.33. The first-order valence-electron chi connectivity index (χ1n) is 10.0. The first-order valence-corrected chi connectivity index (χ1v) is 10.0. The van der Waals surface area contributed by atoms with Crippen molar-refractivity contribution in [3.8, 4) is 22.4 Å². The molecule has 1 saturated heterocycles. The smallest absolute Gasteiger partial charge is 0.225 e. The van der Waals surface area contributed by atoms with Gasteiger partial charge in [0.2, 0.25) is 5.95 Å². The van der Waals surface area contributed by atoms with Crippen molar-refractivity contribution in [1.82, 2.24) is 24.8 Å². The van der Waals surface area contributed by atoms with E-state index in [1.165, 1.54) is 18.3 Å². The number of likely N-dealkylation sites (tertiary alicyclic amines) is 1. The van der Waals surface area contributed by atoms with Gasteiger partial charge in [-0.05, 0) is 32.4 Å². The van der Waals surface area contributed by atoms with E-state index in [1.54, 1.807) is 0 Å². The summed E-state index contributed by atoms with van der Waals surface area (Å²) in [6.45, 7) is 7.62. The molecule has 2 aromatic heterocycles. The second kappa shape index (κ2) is 7.87. The second-order valence-corrected chi connectivity index (χ2v) is 8.58. The molecule has 4 rings (SSSR count). The molecule has 1 fully saturated rings. The summed E-state index contributed by atoms with van der Waals surface area (Å²) in [5, 5.41) is 0. The van der Waals surface area contributed by atoms with Gasteiger partial charge < -0.3 is 9.80 Å². The maximum absolute atomic E-state index is 4.99. The van der Waals surface area contributed by atoms with Crippen molar-refractivity contribution in [3.63, 3.8) is 0 Å². The number of aryl methyl sites for hydroxylation is 1. The summed E-state index contributed by atoms with van der Waals surface area (Å²) in [5.74, 6) is 0.747. The molecule has 3 aromatic rings. The van der Waals surface area contributed by atoms with E-state index in [4.69, 9.17) is 9.97 Å². The van der Waals surface area contributed by atoms with E-state index in [9.17, 15) is 0 Å². The third-order valence-corrected chi connectivity index (χ3v) is 5.68. The van der Waals surface area contributed by atoms with E-state index < -0.39 is 0 Å². The molecule has 0 aliphatic carbocycles. The fraction of sp³-hybridized carbons (Fsp3) is 0.391. The summed E-state index contributed by atoms with van der Waals surface area (Å²) in [6, 6.07) is 8.45. The number of nitrogens with zero attached hydrogens (tertiary/aromatic N) is 6. The first kappa shape index (κ1) is 19.5. The third kappa shape index (κ3) is 4.27. The van der Waals surface area contributed by atoms with Gasteiger partial charge >= 0.3 is 0 Å². The van der Waals surface area contributed by atoms with Crippen LogP contribution in [-0.2, 0) is 0 Å². The maximum atomic E-state index is 4.99. The van der Waals surface area contributed by atoms with Crippen molar-refractivity contribution in [2.24, 2.45) is 5.41 Å². The fourth-order valence-electron chi connectivity index (χ4n) is 4.18. The zero-order chi connectivity index (χ0) is 20.4. The van der Waals surface area contributed by atoms with Gasteiger partial charge in [0.1, 0.15) is 6.33 Å². The van der Waals surface area contributed by atoms with Crippen LogP contribution in [0.25, 0.3) is 22.4 Å². The summed E-state index contributed by atoms with van der Waals surface area (Å²) in [5.41, 5.74) is 5.31. The Morgan fingerprint density at radius 1 is 1.07 bits per heavy atom. The zero-order valence-electron chi connectivity index (χ0n) is 17.6. The molecule has 0 amide bonds. The predicted molar refractivity (Wildman–Crippen MR) is 117 cm³/mol. The van der Waals surface area contributed by atoms with Crippen LogP contribution in [0.15, 0.2) is 49.2 Å². The Hall–Kier alpha value is -2.86. The highest BCUT2D eigenvalue weighted by Crippen LogP contribution is 2.33. The Bertz CT molecular complexity index is 972. The quantitative estimate of drug-likeness (QED) is 0.664. The van der Waals surface area contributed by atoms with Crippen molar-refractivity contribution in [2.75, 3.05) is 38.6 Å². The van der Waals surface area contributed by atoms with Crippen molar-refractivity contribution in [3.05, 3.63) is 54.7 Å². The molecule has 0 saturated carbocycles. The van der Waals surface area contributed by atoms with E-state index >= 15 is 0 Å². The molecule has 1 aromatic carbocycles. The van der Waals surface area contributed by atoms with Gasteiger partial charge in [0.05, 0.1) is 5.69 Å². The van der Waals surface area contributed by atoms with Gasteiger partial charge in [-0.25, -0.2) is 19.9 Å². The van der Waals surface area contributed by atoms with Crippen LogP contribution in [0.2, 0.25) is 0 Å². The molecular formula is C23H28N6. The lowest BCUT2D eigenvalue weighted by molar-refractivity contribution is 0.314. The van der Waals surface area contributed by atoms with Gasteiger partial charge in [-0.3, -0.25) is 0 Å². The van der Waals surface area contributed by atoms with Gasteiger partial charge in [-0.15, -0.1) is 0 Å². The molecular weight excluding hydrogens is 360 g/mol. The SMILES string of the molecule is Cc1ccc(-c2nc(N(C)C[C@]3(C)CCN(C)C3)ncc2-c2cncnc2)cc1. The van der Waals surface area contributed by atoms with Crippen molar-refractivity contribution in [1.29, 1.82) is 0 Å². The Morgan fingerprint density at radius 2 is 1.79 bits per heavy atom. The van der Waals surface area contributed by atoms with Gasteiger partial charge in [0.15, 0.2) is 0 Å². The van der Waals surface area contributed by atoms with Crippen LogP contribution in [0.3, 0.4) is 0 Å². The van der Waals surface area contributed by atoms with Crippen LogP contribution >= 0.6 is 0 Å². The number of rotatable bonds is 5. The third-order valence-electron chi connectivity index (χ3n) is 5.68. The number of aromatic nitrogens is 4. The molecule has 150 valence electrons. The maximum Gasteiger partial charge on any atom is 0.225 e. The number of benzene rings is 1. The number of anilines is 1. The Labute approximate surface area is 172 Å². The van der Waals surface area contributed by atoms with Gasteiger partial charge in [0, 0.05) is 55.4 Å². The Kier molecular flexibility index (Phi) is 5.28. The molecule has 3 heterocycles. The number of hydrogen-bond donors (Lipinski definition) is 0. The molecule has 1 aliphatic heterocycles. The van der Waals surface area contributed by atoms with Gasteiger partial charge in [0.25, 0.3) is 0 Å². The Morgan fingerprint density at radius 3 is 2.45 bits per heavy atom. The molecule has 29 heavy (non-hydrogen) atoms. The highest BCUT2D eigenvalue weighted by molar-refractivity contribution is 5.80. The lowest BCUT2D eigenvalue weighted by Gasteiger charge is -2.30. The molecule has 0 N–H and O–H groups in total.